The highest BCUT2D eigenvalue weighted by atomic mass is 15.0. The van der Waals surface area contributed by atoms with Gasteiger partial charge in [-0.1, -0.05) is 84.9 Å². The zero-order valence-corrected chi connectivity index (χ0v) is 21.2. The fourth-order valence-electron chi connectivity index (χ4n) is 4.54. The number of hydrogen-bond acceptors (Lipinski definition) is 6. The van der Waals surface area contributed by atoms with E-state index in [4.69, 9.17) is 20.4 Å². The number of hydrogen-bond donors (Lipinski definition) is 2. The van der Waals surface area contributed by atoms with E-state index in [0.29, 0.717) is 17.5 Å². The van der Waals surface area contributed by atoms with Gasteiger partial charge < -0.3 is 10.7 Å². The lowest BCUT2D eigenvalue weighted by Crippen LogP contribution is -2.19. The summed E-state index contributed by atoms with van der Waals surface area (Å²) < 4.78 is 0. The standard InChI is InChI=1S/C33H26N6/c34-22-28-21-26(14-15-30(28)36-29-16-18-35-19-17-29)25-12-7-13-27(20-25)33-38-31(23-8-3-1-4-9-23)37-32(39-33)24-10-5-2-6-11-24/h1-16,18-22,29,34,36H,17H2. The molecule has 0 amide bonds. The number of aliphatic imine (C=N–C) groups is 1. The van der Waals surface area contributed by atoms with Crippen LogP contribution in [0.2, 0.25) is 0 Å². The fraction of sp³-hybridized carbons (Fsp3) is 0.0606. The van der Waals surface area contributed by atoms with Gasteiger partial charge >= 0.3 is 0 Å². The quantitative estimate of drug-likeness (QED) is 0.227. The van der Waals surface area contributed by atoms with E-state index in [0.717, 1.165) is 45.5 Å². The molecular weight excluding hydrogens is 480 g/mol. The Balaban J connectivity index is 1.38. The molecule has 0 spiro atoms. The van der Waals surface area contributed by atoms with Crippen LogP contribution in [0.4, 0.5) is 5.69 Å². The SMILES string of the molecule is N=Cc1cc(-c2cccc(-c3nc(-c4ccccc4)nc(-c4ccccc4)n3)c2)ccc1NC1C=CN=CC1. The molecule has 5 aromatic rings. The first-order valence-electron chi connectivity index (χ1n) is 12.8. The van der Waals surface area contributed by atoms with Gasteiger partial charge in [0.15, 0.2) is 17.5 Å². The summed E-state index contributed by atoms with van der Waals surface area (Å²) >= 11 is 0. The molecule has 6 heteroatoms. The molecule has 1 aromatic heterocycles. The first-order valence-corrected chi connectivity index (χ1v) is 12.8. The van der Waals surface area contributed by atoms with Crippen molar-refractivity contribution in [2.75, 3.05) is 5.32 Å². The van der Waals surface area contributed by atoms with E-state index in [-0.39, 0.29) is 6.04 Å². The minimum atomic E-state index is 0.164. The molecule has 39 heavy (non-hydrogen) atoms. The molecule has 0 fully saturated rings. The average Bonchev–Trinajstić information content (AvgIpc) is 3.02. The normalized spacial score (nSPS) is 14.2. The third kappa shape index (κ3) is 5.40. The van der Waals surface area contributed by atoms with E-state index >= 15 is 0 Å². The van der Waals surface area contributed by atoms with E-state index in [1.54, 1.807) is 6.20 Å². The minimum absolute atomic E-state index is 0.164. The topological polar surface area (TPSA) is 86.9 Å². The van der Waals surface area contributed by atoms with Crippen LogP contribution in [0.5, 0.6) is 0 Å². The van der Waals surface area contributed by atoms with Crippen molar-refractivity contribution in [1.29, 1.82) is 5.41 Å². The molecule has 188 valence electrons. The zero-order valence-electron chi connectivity index (χ0n) is 21.2. The van der Waals surface area contributed by atoms with Crippen LogP contribution < -0.4 is 5.32 Å². The van der Waals surface area contributed by atoms with Crippen molar-refractivity contribution in [1.82, 2.24) is 15.0 Å². The molecule has 2 N–H and O–H groups in total. The lowest BCUT2D eigenvalue weighted by molar-refractivity contribution is 0.916. The monoisotopic (exact) mass is 506 g/mol. The second-order valence-electron chi connectivity index (χ2n) is 9.23. The van der Waals surface area contributed by atoms with Gasteiger partial charge in [0, 0.05) is 53.0 Å². The second-order valence-corrected chi connectivity index (χ2v) is 9.23. The molecule has 6 rings (SSSR count). The Morgan fingerprint density at radius 3 is 1.85 bits per heavy atom. The highest BCUT2D eigenvalue weighted by Gasteiger charge is 2.14. The van der Waals surface area contributed by atoms with E-state index in [2.05, 4.69) is 28.5 Å². The van der Waals surface area contributed by atoms with Gasteiger partial charge in [-0.25, -0.2) is 15.0 Å². The van der Waals surface area contributed by atoms with E-state index < -0.39 is 0 Å². The Morgan fingerprint density at radius 2 is 1.23 bits per heavy atom. The van der Waals surface area contributed by atoms with Crippen LogP contribution in [0.1, 0.15) is 12.0 Å². The summed E-state index contributed by atoms with van der Waals surface area (Å²) in [7, 11) is 0. The molecule has 0 bridgehead atoms. The smallest absolute Gasteiger partial charge is 0.164 e. The molecule has 0 saturated carbocycles. The first kappa shape index (κ1) is 24.1. The van der Waals surface area contributed by atoms with E-state index in [1.807, 2.05) is 97.2 Å². The van der Waals surface area contributed by atoms with Gasteiger partial charge in [0.25, 0.3) is 0 Å². The van der Waals surface area contributed by atoms with Crippen LogP contribution >= 0.6 is 0 Å². The molecule has 2 heterocycles. The Labute approximate surface area is 227 Å². The van der Waals surface area contributed by atoms with E-state index in [1.165, 1.54) is 6.21 Å². The largest absolute Gasteiger partial charge is 0.378 e. The van der Waals surface area contributed by atoms with Gasteiger partial charge in [-0.05, 0) is 35.4 Å². The van der Waals surface area contributed by atoms with Gasteiger partial charge in [0.05, 0.1) is 6.04 Å². The van der Waals surface area contributed by atoms with Crippen LogP contribution in [-0.4, -0.2) is 33.4 Å². The van der Waals surface area contributed by atoms with Gasteiger partial charge in [0.2, 0.25) is 0 Å². The number of rotatable bonds is 7. The number of nitrogens with one attached hydrogen (secondary N) is 2. The minimum Gasteiger partial charge on any atom is -0.378 e. The molecule has 1 unspecified atom stereocenters. The lowest BCUT2D eigenvalue weighted by Gasteiger charge is -2.18. The van der Waals surface area contributed by atoms with Gasteiger partial charge in [-0.2, -0.15) is 0 Å². The molecule has 4 aromatic carbocycles. The summed E-state index contributed by atoms with van der Waals surface area (Å²) in [4.78, 5) is 18.7. The fourth-order valence-corrected chi connectivity index (χ4v) is 4.54. The summed E-state index contributed by atoms with van der Waals surface area (Å²) in [5.41, 5.74) is 6.56. The number of anilines is 1. The van der Waals surface area contributed by atoms with Crippen molar-refractivity contribution in [3.05, 3.63) is 121 Å². The van der Waals surface area contributed by atoms with Crippen LogP contribution in [0.3, 0.4) is 0 Å². The van der Waals surface area contributed by atoms with Gasteiger partial charge in [-0.15, -0.1) is 0 Å². The molecular formula is C33H26N6. The summed E-state index contributed by atoms with van der Waals surface area (Å²) in [6.07, 6.45) is 7.95. The lowest BCUT2D eigenvalue weighted by atomic mass is 9.99. The van der Waals surface area contributed by atoms with E-state index in [9.17, 15) is 0 Å². The molecule has 1 aliphatic heterocycles. The Kier molecular flexibility index (Phi) is 6.82. The second kappa shape index (κ2) is 11.0. The summed E-state index contributed by atoms with van der Waals surface area (Å²) in [5, 5.41) is 11.5. The Hall–Kier alpha value is -5.23. The summed E-state index contributed by atoms with van der Waals surface area (Å²) in [6.45, 7) is 0. The third-order valence-corrected chi connectivity index (χ3v) is 6.57. The predicted octanol–water partition coefficient (Wildman–Crippen LogP) is 7.31. The molecule has 0 radical (unpaired) electrons. The van der Waals surface area contributed by atoms with Crippen LogP contribution in [-0.2, 0) is 0 Å². The Morgan fingerprint density at radius 1 is 0.641 bits per heavy atom. The highest BCUT2D eigenvalue weighted by molar-refractivity contribution is 5.89. The zero-order chi connectivity index (χ0) is 26.4. The van der Waals surface area contributed by atoms with Gasteiger partial charge in [-0.3, -0.25) is 4.99 Å². The third-order valence-electron chi connectivity index (χ3n) is 6.57. The number of benzene rings is 4. The summed E-state index contributed by atoms with van der Waals surface area (Å²) in [6, 6.07) is 34.4. The highest BCUT2D eigenvalue weighted by Crippen LogP contribution is 2.30. The predicted molar refractivity (Wildman–Crippen MR) is 159 cm³/mol. The maximum absolute atomic E-state index is 8.01. The maximum Gasteiger partial charge on any atom is 0.164 e. The molecule has 0 saturated heterocycles. The van der Waals surface area contributed by atoms with Crippen molar-refractivity contribution >= 4 is 18.1 Å². The number of aromatic nitrogens is 3. The number of nitrogens with zero attached hydrogens (tertiary/aromatic N) is 4. The van der Waals surface area contributed by atoms with Crippen molar-refractivity contribution in [2.45, 2.75) is 12.5 Å². The molecule has 0 aliphatic carbocycles. The molecule has 1 atom stereocenters. The van der Waals surface area contributed by atoms with Crippen molar-refractivity contribution in [3.8, 4) is 45.3 Å². The average molecular weight is 507 g/mol. The van der Waals surface area contributed by atoms with Crippen molar-refractivity contribution in [3.63, 3.8) is 0 Å². The van der Waals surface area contributed by atoms with Crippen molar-refractivity contribution < 1.29 is 0 Å². The van der Waals surface area contributed by atoms with Crippen LogP contribution in [0, 0.1) is 5.41 Å². The first-order chi connectivity index (χ1) is 19.3. The molecule has 6 nitrogen and oxygen atoms in total. The van der Waals surface area contributed by atoms with Crippen LogP contribution in [0.15, 0.2) is 120 Å². The van der Waals surface area contributed by atoms with Gasteiger partial charge in [0.1, 0.15) is 0 Å². The summed E-state index contributed by atoms with van der Waals surface area (Å²) in [5.74, 6) is 1.88. The van der Waals surface area contributed by atoms with Crippen LogP contribution in [0.25, 0.3) is 45.3 Å². The van der Waals surface area contributed by atoms with Crippen molar-refractivity contribution in [2.24, 2.45) is 4.99 Å². The maximum atomic E-state index is 8.01. The Bertz CT molecular complexity index is 1620. The molecule has 1 aliphatic rings.